The van der Waals surface area contributed by atoms with Crippen molar-refractivity contribution in [3.8, 4) is 0 Å². The van der Waals surface area contributed by atoms with E-state index in [1.165, 1.54) is 16.0 Å². The summed E-state index contributed by atoms with van der Waals surface area (Å²) in [6.45, 7) is 6.30. The molecule has 21 heavy (non-hydrogen) atoms. The summed E-state index contributed by atoms with van der Waals surface area (Å²) in [7, 11) is 0. The first-order valence-corrected chi connectivity index (χ1v) is 8.59. The van der Waals surface area contributed by atoms with Crippen LogP contribution in [-0.2, 0) is 0 Å². The van der Waals surface area contributed by atoms with Crippen LogP contribution in [0.15, 0.2) is 35.7 Å². The van der Waals surface area contributed by atoms with Gasteiger partial charge in [-0.1, -0.05) is 19.1 Å². The second-order valence-electron chi connectivity index (χ2n) is 5.39. The third-order valence-electron chi connectivity index (χ3n) is 3.80. The molecule has 3 aromatic rings. The molecule has 0 amide bonds. The van der Waals surface area contributed by atoms with Crippen molar-refractivity contribution in [2.45, 2.75) is 38.6 Å². The Morgan fingerprint density at radius 1 is 1.33 bits per heavy atom. The molecule has 0 bridgehead atoms. The van der Waals surface area contributed by atoms with Crippen LogP contribution < -0.4 is 0 Å². The van der Waals surface area contributed by atoms with E-state index in [0.717, 1.165) is 17.8 Å². The smallest absolute Gasteiger partial charge is 0.128 e. The Balaban J connectivity index is 2.26. The minimum atomic E-state index is -0.105. The van der Waals surface area contributed by atoms with Crippen molar-refractivity contribution in [3.05, 3.63) is 52.0 Å². The maximum atomic E-state index is 6.40. The van der Waals surface area contributed by atoms with Crippen molar-refractivity contribution < 1.29 is 0 Å². The number of fused-ring (bicyclic) bond motifs is 1. The molecule has 0 aliphatic carbocycles. The van der Waals surface area contributed by atoms with E-state index >= 15 is 0 Å². The molecular formula is C17H19ClN2S. The quantitative estimate of drug-likeness (QED) is 0.564. The zero-order valence-electron chi connectivity index (χ0n) is 12.5. The van der Waals surface area contributed by atoms with Gasteiger partial charge in [0.25, 0.3) is 0 Å². The van der Waals surface area contributed by atoms with Crippen molar-refractivity contribution in [1.29, 1.82) is 0 Å². The second-order valence-corrected chi connectivity index (χ2v) is 7.02. The van der Waals surface area contributed by atoms with Gasteiger partial charge in [-0.05, 0) is 49.4 Å². The summed E-state index contributed by atoms with van der Waals surface area (Å²) in [5.74, 6) is 0.956. The van der Waals surface area contributed by atoms with Crippen LogP contribution in [0.4, 0.5) is 0 Å². The highest BCUT2D eigenvalue weighted by molar-refractivity contribution is 7.10. The largest absolute Gasteiger partial charge is 0.318 e. The number of imidazole rings is 1. The predicted molar refractivity (Wildman–Crippen MR) is 91.5 cm³/mol. The van der Waals surface area contributed by atoms with E-state index in [2.05, 4.69) is 54.1 Å². The van der Waals surface area contributed by atoms with E-state index in [9.17, 15) is 0 Å². The number of rotatable bonds is 4. The molecule has 2 aromatic heterocycles. The number of aromatic nitrogens is 2. The van der Waals surface area contributed by atoms with Crippen LogP contribution in [0.5, 0.6) is 0 Å². The van der Waals surface area contributed by atoms with Gasteiger partial charge in [-0.25, -0.2) is 4.98 Å². The molecule has 0 radical (unpaired) electrons. The third kappa shape index (κ3) is 2.60. The molecule has 0 saturated carbocycles. The van der Waals surface area contributed by atoms with Gasteiger partial charge in [0, 0.05) is 4.88 Å². The van der Waals surface area contributed by atoms with E-state index in [1.807, 2.05) is 6.92 Å². The molecule has 0 fully saturated rings. The zero-order valence-corrected chi connectivity index (χ0v) is 14.1. The maximum absolute atomic E-state index is 6.40. The maximum Gasteiger partial charge on any atom is 0.128 e. The molecule has 0 spiro atoms. The summed E-state index contributed by atoms with van der Waals surface area (Å²) in [5.41, 5.74) is 3.43. The molecule has 2 nitrogen and oxygen atoms in total. The Morgan fingerprint density at radius 2 is 2.14 bits per heavy atom. The van der Waals surface area contributed by atoms with Crippen molar-refractivity contribution in [1.82, 2.24) is 9.55 Å². The van der Waals surface area contributed by atoms with Gasteiger partial charge < -0.3 is 4.57 Å². The predicted octanol–water partition coefficient (Wildman–Crippen LogP) is 5.71. The van der Waals surface area contributed by atoms with Crippen LogP contribution in [-0.4, -0.2) is 9.55 Å². The fourth-order valence-corrected chi connectivity index (χ4v) is 3.88. The first kappa shape index (κ1) is 14.6. The molecule has 110 valence electrons. The topological polar surface area (TPSA) is 17.8 Å². The number of alkyl halides is 1. The molecule has 0 N–H and O–H groups in total. The lowest BCUT2D eigenvalue weighted by Crippen LogP contribution is -2.12. The van der Waals surface area contributed by atoms with Gasteiger partial charge in [-0.15, -0.1) is 22.9 Å². The summed E-state index contributed by atoms with van der Waals surface area (Å²) in [4.78, 5) is 6.14. The van der Waals surface area contributed by atoms with Gasteiger partial charge >= 0.3 is 0 Å². The Labute approximate surface area is 134 Å². The molecular weight excluding hydrogens is 300 g/mol. The Kier molecular flexibility index (Phi) is 4.05. The van der Waals surface area contributed by atoms with Crippen LogP contribution in [0.3, 0.4) is 0 Å². The number of thiophene rings is 1. The van der Waals surface area contributed by atoms with Gasteiger partial charge in [0.15, 0.2) is 0 Å². The van der Waals surface area contributed by atoms with Gasteiger partial charge in [0.1, 0.15) is 5.82 Å². The first-order chi connectivity index (χ1) is 10.1. The summed E-state index contributed by atoms with van der Waals surface area (Å²) >= 11 is 8.20. The molecule has 3 rings (SSSR count). The highest BCUT2D eigenvalue weighted by Crippen LogP contribution is 2.34. The normalized spacial score (nSPS) is 14.5. The van der Waals surface area contributed by atoms with Crippen molar-refractivity contribution in [2.24, 2.45) is 0 Å². The zero-order chi connectivity index (χ0) is 15.0. The van der Waals surface area contributed by atoms with E-state index < -0.39 is 0 Å². The monoisotopic (exact) mass is 318 g/mol. The van der Waals surface area contributed by atoms with Gasteiger partial charge in [0.05, 0.1) is 22.5 Å². The standard InChI is InChI=1S/C17H19ClN2S/c1-4-14(16-6-5-9-21-16)20-15-8-7-11(2)10-13(15)19-17(20)12(3)18/h5-10,12,14H,4H2,1-3H3. The van der Waals surface area contributed by atoms with Crippen LogP contribution in [0.25, 0.3) is 11.0 Å². The summed E-state index contributed by atoms with van der Waals surface area (Å²) in [6, 6.07) is 11.0. The number of nitrogens with zero attached hydrogens (tertiary/aromatic N) is 2. The molecule has 0 aliphatic heterocycles. The highest BCUT2D eigenvalue weighted by atomic mass is 35.5. The molecule has 2 unspecified atom stereocenters. The fraction of sp³-hybridized carbons (Fsp3) is 0.353. The lowest BCUT2D eigenvalue weighted by Gasteiger charge is -2.20. The molecule has 0 aliphatic rings. The van der Waals surface area contributed by atoms with Crippen molar-refractivity contribution in [2.75, 3.05) is 0 Å². The van der Waals surface area contributed by atoms with E-state index in [4.69, 9.17) is 16.6 Å². The number of halogens is 1. The van der Waals surface area contributed by atoms with E-state index in [1.54, 1.807) is 11.3 Å². The van der Waals surface area contributed by atoms with Crippen LogP contribution in [0.2, 0.25) is 0 Å². The SMILES string of the molecule is CCC(c1cccs1)n1c(C(C)Cl)nc2cc(C)ccc21. The van der Waals surface area contributed by atoms with Gasteiger partial charge in [-0.3, -0.25) is 0 Å². The summed E-state index contributed by atoms with van der Waals surface area (Å²) < 4.78 is 2.32. The van der Waals surface area contributed by atoms with E-state index in [-0.39, 0.29) is 5.38 Å². The number of hydrogen-bond donors (Lipinski definition) is 0. The van der Waals surface area contributed by atoms with Crippen molar-refractivity contribution >= 4 is 34.0 Å². The van der Waals surface area contributed by atoms with Crippen LogP contribution >= 0.6 is 22.9 Å². The molecule has 2 atom stereocenters. The third-order valence-corrected chi connectivity index (χ3v) is 4.97. The Morgan fingerprint density at radius 3 is 2.76 bits per heavy atom. The van der Waals surface area contributed by atoms with E-state index in [0.29, 0.717) is 6.04 Å². The molecule has 0 saturated heterocycles. The highest BCUT2D eigenvalue weighted by Gasteiger charge is 2.22. The van der Waals surface area contributed by atoms with Gasteiger partial charge in [-0.2, -0.15) is 0 Å². The molecule has 4 heteroatoms. The minimum Gasteiger partial charge on any atom is -0.318 e. The molecule has 1 aromatic carbocycles. The van der Waals surface area contributed by atoms with Gasteiger partial charge in [0.2, 0.25) is 0 Å². The van der Waals surface area contributed by atoms with Crippen LogP contribution in [0, 0.1) is 6.92 Å². The fourth-order valence-electron chi connectivity index (χ4n) is 2.83. The molecule has 2 heterocycles. The minimum absolute atomic E-state index is 0.105. The Bertz CT molecular complexity index is 744. The lowest BCUT2D eigenvalue weighted by atomic mass is 10.1. The average molecular weight is 319 g/mol. The number of hydrogen-bond acceptors (Lipinski definition) is 2. The second kappa shape index (κ2) is 5.82. The van der Waals surface area contributed by atoms with Crippen molar-refractivity contribution in [3.63, 3.8) is 0 Å². The summed E-state index contributed by atoms with van der Waals surface area (Å²) in [5, 5.41) is 2.03. The number of benzene rings is 1. The average Bonchev–Trinajstić information content (AvgIpc) is 3.08. The van der Waals surface area contributed by atoms with Crippen LogP contribution in [0.1, 0.15) is 48.0 Å². The summed E-state index contributed by atoms with van der Waals surface area (Å²) in [6.07, 6.45) is 1.02. The first-order valence-electron chi connectivity index (χ1n) is 7.27. The Hall–Kier alpha value is -1.32. The lowest BCUT2D eigenvalue weighted by molar-refractivity contribution is 0.564. The number of aryl methyl sites for hydroxylation is 1.